The number of rotatable bonds is 7. The van der Waals surface area contributed by atoms with Crippen molar-refractivity contribution in [3.8, 4) is 0 Å². The molecule has 32 heavy (non-hydrogen) atoms. The lowest BCUT2D eigenvalue weighted by molar-refractivity contribution is -0.394. The summed E-state index contributed by atoms with van der Waals surface area (Å²) in [5, 5.41) is 23.4. The van der Waals surface area contributed by atoms with E-state index in [1.165, 1.54) is 16.2 Å². The molecule has 1 amide bonds. The Morgan fingerprint density at radius 2 is 1.66 bits per heavy atom. The van der Waals surface area contributed by atoms with Gasteiger partial charge in [0.05, 0.1) is 31.7 Å². The van der Waals surface area contributed by atoms with Gasteiger partial charge in [-0.2, -0.15) is 0 Å². The van der Waals surface area contributed by atoms with Crippen LogP contribution in [0.2, 0.25) is 5.02 Å². The van der Waals surface area contributed by atoms with E-state index in [0.29, 0.717) is 22.2 Å². The molecule has 3 rings (SSSR count). The van der Waals surface area contributed by atoms with Crippen molar-refractivity contribution in [2.75, 3.05) is 32.1 Å². The number of thiazole rings is 1. The predicted molar refractivity (Wildman–Crippen MR) is 127 cm³/mol. The van der Waals surface area contributed by atoms with Gasteiger partial charge in [-0.3, -0.25) is 29.9 Å². The summed E-state index contributed by atoms with van der Waals surface area (Å²) in [7, 11) is 3.67. The number of non-ortho nitro benzene ring substituents is 2. The number of hydrogen-bond donors (Lipinski definition) is 0. The van der Waals surface area contributed by atoms with Gasteiger partial charge in [-0.1, -0.05) is 22.9 Å². The first kappa shape index (κ1) is 25.4. The minimum atomic E-state index is -0.767. The van der Waals surface area contributed by atoms with Gasteiger partial charge in [0.1, 0.15) is 0 Å². The normalized spacial score (nSPS) is 10.8. The molecule has 0 saturated carbocycles. The van der Waals surface area contributed by atoms with Gasteiger partial charge in [-0.25, -0.2) is 4.98 Å². The minimum Gasteiger partial charge on any atom is -0.308 e. The molecule has 0 saturated heterocycles. The second-order valence-corrected chi connectivity index (χ2v) is 8.52. The van der Waals surface area contributed by atoms with E-state index in [1.807, 2.05) is 25.9 Å². The molecule has 0 spiro atoms. The van der Waals surface area contributed by atoms with Crippen LogP contribution in [-0.2, 0) is 0 Å². The Morgan fingerprint density at radius 1 is 1.06 bits per heavy atom. The first-order valence-electron chi connectivity index (χ1n) is 9.04. The van der Waals surface area contributed by atoms with Gasteiger partial charge in [-0.05, 0) is 38.7 Å². The summed E-state index contributed by atoms with van der Waals surface area (Å²) >= 11 is 7.38. The molecule has 1 heterocycles. The van der Waals surface area contributed by atoms with E-state index >= 15 is 0 Å². The molecular weight excluding hydrogens is 481 g/mol. The topological polar surface area (TPSA) is 123 Å². The summed E-state index contributed by atoms with van der Waals surface area (Å²) in [4.78, 5) is 42.1. The van der Waals surface area contributed by atoms with Crippen molar-refractivity contribution < 1.29 is 14.6 Å². The number of anilines is 1. The molecule has 13 heteroatoms. The first-order chi connectivity index (χ1) is 14.6. The van der Waals surface area contributed by atoms with Crippen molar-refractivity contribution in [2.45, 2.75) is 6.92 Å². The van der Waals surface area contributed by atoms with Crippen molar-refractivity contribution in [3.05, 3.63) is 66.7 Å². The van der Waals surface area contributed by atoms with E-state index in [-0.39, 0.29) is 24.5 Å². The van der Waals surface area contributed by atoms with Gasteiger partial charge >= 0.3 is 0 Å². The number of likely N-dealkylation sites (N-methyl/N-ethyl adjacent to an activating group) is 1. The fraction of sp³-hybridized carbons (Fsp3) is 0.263. The largest absolute Gasteiger partial charge is 0.308 e. The molecule has 0 fully saturated rings. The molecule has 0 aliphatic rings. The SMILES string of the molecule is Cc1cc(Cl)cc2sc(N(CCN(C)C)C(=O)c3cc([N+](=O)[O-])cc([N+](=O)[O-])c3)nc12.Cl. The summed E-state index contributed by atoms with van der Waals surface area (Å²) < 4.78 is 0.785. The van der Waals surface area contributed by atoms with Crippen LogP contribution in [0.5, 0.6) is 0 Å². The van der Waals surface area contributed by atoms with E-state index in [9.17, 15) is 25.0 Å². The molecule has 10 nitrogen and oxygen atoms in total. The molecule has 1 aromatic heterocycles. The van der Waals surface area contributed by atoms with Crippen LogP contribution in [0.25, 0.3) is 10.2 Å². The average Bonchev–Trinajstić information content (AvgIpc) is 3.11. The highest BCUT2D eigenvalue weighted by Gasteiger charge is 2.26. The summed E-state index contributed by atoms with van der Waals surface area (Å²) in [5.74, 6) is -0.614. The number of fused-ring (bicyclic) bond motifs is 1. The Labute approximate surface area is 198 Å². The van der Waals surface area contributed by atoms with Gasteiger partial charge in [0.25, 0.3) is 17.3 Å². The minimum absolute atomic E-state index is 0. The van der Waals surface area contributed by atoms with Crippen LogP contribution in [0.1, 0.15) is 15.9 Å². The molecular formula is C19H19Cl2N5O5S. The summed E-state index contributed by atoms with van der Waals surface area (Å²) in [6, 6.07) is 6.41. The fourth-order valence-electron chi connectivity index (χ4n) is 2.93. The van der Waals surface area contributed by atoms with Gasteiger partial charge in [0.15, 0.2) is 5.13 Å². The predicted octanol–water partition coefficient (Wildman–Crippen LogP) is 4.70. The zero-order valence-corrected chi connectivity index (χ0v) is 19.7. The van der Waals surface area contributed by atoms with E-state index in [2.05, 4.69) is 4.98 Å². The number of aromatic nitrogens is 1. The number of halogens is 2. The van der Waals surface area contributed by atoms with Crippen LogP contribution < -0.4 is 4.90 Å². The molecule has 3 aromatic rings. The Kier molecular flexibility index (Phi) is 8.07. The third kappa shape index (κ3) is 5.49. The number of carbonyl (C=O) groups is 1. The highest BCUT2D eigenvalue weighted by atomic mass is 35.5. The maximum absolute atomic E-state index is 13.3. The molecule has 0 N–H and O–H groups in total. The van der Waals surface area contributed by atoms with Crippen LogP contribution in [0, 0.1) is 27.2 Å². The monoisotopic (exact) mass is 499 g/mol. The molecule has 0 radical (unpaired) electrons. The standard InChI is InChI=1S/C19H18ClN5O5S.ClH/c1-11-6-13(20)9-16-17(11)21-19(31-16)23(5-4-22(2)3)18(26)12-7-14(24(27)28)10-15(8-12)25(29)30;/h6-10H,4-5H2,1-3H3;1H. The number of hydrogen-bond acceptors (Lipinski definition) is 8. The molecule has 0 bridgehead atoms. The van der Waals surface area contributed by atoms with Crippen molar-refractivity contribution >= 4 is 68.0 Å². The summed E-state index contributed by atoms with van der Waals surface area (Å²) in [5.41, 5.74) is 0.316. The Bertz CT molecular complexity index is 1170. The Morgan fingerprint density at radius 3 is 2.19 bits per heavy atom. The molecule has 0 unspecified atom stereocenters. The van der Waals surface area contributed by atoms with Crippen molar-refractivity contribution in [3.63, 3.8) is 0 Å². The van der Waals surface area contributed by atoms with Crippen LogP contribution >= 0.6 is 35.3 Å². The third-order valence-electron chi connectivity index (χ3n) is 4.46. The van der Waals surface area contributed by atoms with Crippen LogP contribution in [0.4, 0.5) is 16.5 Å². The molecule has 0 atom stereocenters. The second-order valence-electron chi connectivity index (χ2n) is 7.08. The molecule has 170 valence electrons. The maximum atomic E-state index is 13.3. The van der Waals surface area contributed by atoms with Crippen LogP contribution in [0.15, 0.2) is 30.3 Å². The summed E-state index contributed by atoms with van der Waals surface area (Å²) in [6.45, 7) is 2.57. The first-order valence-corrected chi connectivity index (χ1v) is 10.2. The zero-order valence-electron chi connectivity index (χ0n) is 17.3. The number of benzene rings is 2. The van der Waals surface area contributed by atoms with Crippen LogP contribution in [0.3, 0.4) is 0 Å². The number of aryl methyl sites for hydroxylation is 1. The maximum Gasteiger partial charge on any atom is 0.277 e. The van der Waals surface area contributed by atoms with Gasteiger partial charge in [-0.15, -0.1) is 12.4 Å². The van der Waals surface area contributed by atoms with E-state index in [0.717, 1.165) is 28.5 Å². The van der Waals surface area contributed by atoms with E-state index in [4.69, 9.17) is 11.6 Å². The number of nitro benzene ring substituents is 2. The molecule has 0 aliphatic heterocycles. The van der Waals surface area contributed by atoms with Crippen molar-refractivity contribution in [2.24, 2.45) is 0 Å². The Balaban J connectivity index is 0.00000363. The average molecular weight is 500 g/mol. The van der Waals surface area contributed by atoms with Crippen molar-refractivity contribution in [1.82, 2.24) is 9.88 Å². The van der Waals surface area contributed by atoms with Gasteiger partial charge < -0.3 is 4.90 Å². The van der Waals surface area contributed by atoms with Crippen LogP contribution in [-0.4, -0.2) is 52.8 Å². The number of nitrogens with zero attached hydrogens (tertiary/aromatic N) is 5. The lowest BCUT2D eigenvalue weighted by Crippen LogP contribution is -2.36. The number of nitro groups is 2. The van der Waals surface area contributed by atoms with Gasteiger partial charge in [0, 0.05) is 30.2 Å². The van der Waals surface area contributed by atoms with E-state index < -0.39 is 27.1 Å². The smallest absolute Gasteiger partial charge is 0.277 e. The van der Waals surface area contributed by atoms with Crippen molar-refractivity contribution in [1.29, 1.82) is 0 Å². The quantitative estimate of drug-likeness (QED) is 0.340. The van der Waals surface area contributed by atoms with E-state index in [1.54, 1.807) is 12.1 Å². The zero-order chi connectivity index (χ0) is 22.9. The highest BCUT2D eigenvalue weighted by molar-refractivity contribution is 7.22. The highest BCUT2D eigenvalue weighted by Crippen LogP contribution is 2.34. The Hall–Kier alpha value is -2.86. The fourth-order valence-corrected chi connectivity index (χ4v) is 4.37. The number of carbonyl (C=O) groups excluding carboxylic acids is 1. The lowest BCUT2D eigenvalue weighted by atomic mass is 10.1. The number of amides is 1. The van der Waals surface area contributed by atoms with Gasteiger partial charge in [0.2, 0.25) is 0 Å². The second kappa shape index (κ2) is 10.2. The third-order valence-corrected chi connectivity index (χ3v) is 5.70. The molecule has 2 aromatic carbocycles. The molecule has 0 aliphatic carbocycles. The summed E-state index contributed by atoms with van der Waals surface area (Å²) in [6.07, 6.45) is 0. The lowest BCUT2D eigenvalue weighted by Gasteiger charge is -2.22.